The third-order valence-corrected chi connectivity index (χ3v) is 4.36. The number of nitrogens with zero attached hydrogens (tertiary/aromatic N) is 3. The van der Waals surface area contributed by atoms with Gasteiger partial charge in [0, 0.05) is 18.7 Å². The van der Waals surface area contributed by atoms with Crippen molar-refractivity contribution >= 4 is 34.0 Å². The Hall–Kier alpha value is -2.28. The summed E-state index contributed by atoms with van der Waals surface area (Å²) in [6.07, 6.45) is 1.07. The molecule has 1 N–H and O–H groups in total. The molecule has 0 bridgehead atoms. The van der Waals surface area contributed by atoms with E-state index in [-0.39, 0.29) is 24.2 Å². The van der Waals surface area contributed by atoms with Crippen LogP contribution in [-0.2, 0) is 16.0 Å². The summed E-state index contributed by atoms with van der Waals surface area (Å²) in [5.74, 6) is -0.554. The third-order valence-electron chi connectivity index (χ3n) is 3.75. The van der Waals surface area contributed by atoms with E-state index in [0.717, 1.165) is 17.7 Å². The minimum atomic E-state index is -0.360. The number of aryl methyl sites for hydroxylation is 1. The highest BCUT2D eigenvalue weighted by atomic mass is 32.1. The van der Waals surface area contributed by atoms with Crippen molar-refractivity contribution in [1.82, 2.24) is 10.2 Å². The maximum absolute atomic E-state index is 12.3. The molecule has 3 rings (SSSR count). The van der Waals surface area contributed by atoms with Crippen molar-refractivity contribution < 1.29 is 9.59 Å². The zero-order chi connectivity index (χ0) is 15.5. The molecule has 1 aliphatic heterocycles. The van der Waals surface area contributed by atoms with Crippen LogP contribution in [0.25, 0.3) is 0 Å². The van der Waals surface area contributed by atoms with E-state index in [9.17, 15) is 9.59 Å². The number of carbonyl (C=O) groups is 2. The average Bonchev–Trinajstić information content (AvgIpc) is 3.16. The Morgan fingerprint density at radius 1 is 1.45 bits per heavy atom. The van der Waals surface area contributed by atoms with E-state index in [2.05, 4.69) is 22.4 Å². The van der Waals surface area contributed by atoms with Crippen LogP contribution in [0, 0.1) is 5.92 Å². The second-order valence-corrected chi connectivity index (χ2v) is 5.95. The van der Waals surface area contributed by atoms with Crippen LogP contribution in [0.4, 0.5) is 10.8 Å². The molecule has 1 aliphatic rings. The van der Waals surface area contributed by atoms with Crippen molar-refractivity contribution in [3.63, 3.8) is 0 Å². The lowest BCUT2D eigenvalue weighted by Gasteiger charge is -2.19. The molecule has 0 unspecified atom stereocenters. The van der Waals surface area contributed by atoms with Crippen LogP contribution >= 0.6 is 11.3 Å². The number of nitrogens with one attached hydrogen (secondary N) is 1. The normalized spacial score (nSPS) is 17.8. The molecule has 0 radical (unpaired) electrons. The third kappa shape index (κ3) is 2.85. The molecule has 1 atom stereocenters. The van der Waals surface area contributed by atoms with Crippen LogP contribution in [0.2, 0.25) is 0 Å². The molecule has 1 aromatic carbocycles. The first-order chi connectivity index (χ1) is 10.7. The van der Waals surface area contributed by atoms with Crippen molar-refractivity contribution in [2.24, 2.45) is 5.92 Å². The Kier molecular flexibility index (Phi) is 4.15. The molecule has 0 saturated carbocycles. The van der Waals surface area contributed by atoms with E-state index in [4.69, 9.17) is 0 Å². The first-order valence-corrected chi connectivity index (χ1v) is 8.02. The van der Waals surface area contributed by atoms with E-state index < -0.39 is 0 Å². The molecule has 1 aromatic heterocycles. The Labute approximate surface area is 132 Å². The van der Waals surface area contributed by atoms with E-state index in [1.54, 1.807) is 10.4 Å². The van der Waals surface area contributed by atoms with Crippen molar-refractivity contribution in [1.29, 1.82) is 0 Å². The number of hydrogen-bond donors (Lipinski definition) is 1. The summed E-state index contributed by atoms with van der Waals surface area (Å²) < 4.78 is 0. The van der Waals surface area contributed by atoms with Gasteiger partial charge in [0.05, 0.1) is 5.92 Å². The number of para-hydroxylation sites is 1. The summed E-state index contributed by atoms with van der Waals surface area (Å²) >= 11 is 1.26. The average molecular weight is 316 g/mol. The van der Waals surface area contributed by atoms with Gasteiger partial charge in [0.2, 0.25) is 16.9 Å². The van der Waals surface area contributed by atoms with Crippen LogP contribution in [-0.4, -0.2) is 28.6 Å². The summed E-state index contributed by atoms with van der Waals surface area (Å²) in [5.41, 5.74) is 3.57. The number of carbonyl (C=O) groups excluding carboxylic acids is 2. The van der Waals surface area contributed by atoms with E-state index in [1.165, 1.54) is 11.3 Å². The van der Waals surface area contributed by atoms with Gasteiger partial charge in [0.1, 0.15) is 5.51 Å². The van der Waals surface area contributed by atoms with E-state index >= 15 is 0 Å². The van der Waals surface area contributed by atoms with Gasteiger partial charge in [0.25, 0.3) is 0 Å². The lowest BCUT2D eigenvalue weighted by Crippen LogP contribution is -2.28. The van der Waals surface area contributed by atoms with Crippen molar-refractivity contribution in [2.45, 2.75) is 19.8 Å². The molecule has 7 heteroatoms. The number of hydrogen-bond acceptors (Lipinski definition) is 5. The van der Waals surface area contributed by atoms with Crippen molar-refractivity contribution in [3.05, 3.63) is 35.3 Å². The van der Waals surface area contributed by atoms with Crippen LogP contribution in [0.5, 0.6) is 0 Å². The van der Waals surface area contributed by atoms with Gasteiger partial charge in [-0.15, -0.1) is 10.2 Å². The van der Waals surface area contributed by atoms with Gasteiger partial charge in [-0.1, -0.05) is 36.5 Å². The van der Waals surface area contributed by atoms with E-state index in [1.807, 2.05) is 24.3 Å². The highest BCUT2D eigenvalue weighted by Crippen LogP contribution is 2.29. The van der Waals surface area contributed by atoms with Gasteiger partial charge in [0.15, 0.2) is 0 Å². The number of anilines is 2. The molecule has 2 heterocycles. The van der Waals surface area contributed by atoms with Gasteiger partial charge in [-0.3, -0.25) is 9.59 Å². The Morgan fingerprint density at radius 3 is 3.00 bits per heavy atom. The number of rotatable bonds is 4. The quantitative estimate of drug-likeness (QED) is 0.937. The predicted octanol–water partition coefficient (Wildman–Crippen LogP) is 2.09. The lowest BCUT2D eigenvalue weighted by atomic mass is 10.1. The second kappa shape index (κ2) is 6.23. The summed E-state index contributed by atoms with van der Waals surface area (Å²) in [4.78, 5) is 26.2. The number of benzene rings is 1. The van der Waals surface area contributed by atoms with Crippen LogP contribution < -0.4 is 10.2 Å². The topological polar surface area (TPSA) is 75.2 Å². The summed E-state index contributed by atoms with van der Waals surface area (Å²) in [6, 6.07) is 7.82. The summed E-state index contributed by atoms with van der Waals surface area (Å²) in [6.45, 7) is 2.46. The molecular formula is C15H16N4O2S. The maximum atomic E-state index is 12.3. The number of aromatic nitrogens is 2. The first kappa shape index (κ1) is 14.6. The van der Waals surface area contributed by atoms with Gasteiger partial charge in [-0.2, -0.15) is 0 Å². The molecule has 2 amide bonds. The molecule has 1 saturated heterocycles. The molecule has 1 fully saturated rings. The smallest absolute Gasteiger partial charge is 0.231 e. The standard InChI is InChI=1S/C15H16N4O2S/c1-2-10-5-3-4-6-12(10)19-8-11(7-13(19)20)14(21)17-15-18-16-9-22-15/h3-6,9,11H,2,7-8H2,1H3,(H,17,18,21)/t11-/m1/s1. The van der Waals surface area contributed by atoms with Crippen LogP contribution in [0.3, 0.4) is 0 Å². The fourth-order valence-electron chi connectivity index (χ4n) is 2.62. The Balaban J connectivity index is 1.74. The highest BCUT2D eigenvalue weighted by molar-refractivity contribution is 7.13. The second-order valence-electron chi connectivity index (χ2n) is 5.12. The lowest BCUT2D eigenvalue weighted by molar-refractivity contribution is -0.122. The zero-order valence-electron chi connectivity index (χ0n) is 12.2. The molecule has 114 valence electrons. The predicted molar refractivity (Wildman–Crippen MR) is 84.8 cm³/mol. The maximum Gasteiger partial charge on any atom is 0.231 e. The summed E-state index contributed by atoms with van der Waals surface area (Å²) in [7, 11) is 0. The number of amides is 2. The largest absolute Gasteiger partial charge is 0.311 e. The Morgan fingerprint density at radius 2 is 2.27 bits per heavy atom. The first-order valence-electron chi connectivity index (χ1n) is 7.14. The minimum Gasteiger partial charge on any atom is -0.311 e. The SMILES string of the molecule is CCc1ccccc1N1C[C@H](C(=O)Nc2nncs2)CC1=O. The van der Waals surface area contributed by atoms with Crippen molar-refractivity contribution in [2.75, 3.05) is 16.8 Å². The zero-order valence-corrected chi connectivity index (χ0v) is 13.0. The molecule has 2 aromatic rings. The Bertz CT molecular complexity index is 687. The molecule has 22 heavy (non-hydrogen) atoms. The van der Waals surface area contributed by atoms with E-state index in [0.29, 0.717) is 11.7 Å². The van der Waals surface area contributed by atoms with Crippen LogP contribution in [0.15, 0.2) is 29.8 Å². The molecule has 0 aliphatic carbocycles. The van der Waals surface area contributed by atoms with Crippen LogP contribution in [0.1, 0.15) is 18.9 Å². The minimum absolute atomic E-state index is 0.0155. The van der Waals surface area contributed by atoms with Gasteiger partial charge < -0.3 is 10.2 Å². The molecule has 0 spiro atoms. The van der Waals surface area contributed by atoms with Gasteiger partial charge >= 0.3 is 0 Å². The summed E-state index contributed by atoms with van der Waals surface area (Å²) in [5, 5.41) is 10.6. The van der Waals surface area contributed by atoms with Gasteiger partial charge in [-0.05, 0) is 18.1 Å². The van der Waals surface area contributed by atoms with Crippen molar-refractivity contribution in [3.8, 4) is 0 Å². The highest BCUT2D eigenvalue weighted by Gasteiger charge is 2.36. The fourth-order valence-corrected chi connectivity index (χ4v) is 3.07. The van der Waals surface area contributed by atoms with Gasteiger partial charge in [-0.25, -0.2) is 0 Å². The monoisotopic (exact) mass is 316 g/mol. The molecule has 6 nitrogen and oxygen atoms in total. The molecular weight excluding hydrogens is 300 g/mol. The fraction of sp³-hybridized carbons (Fsp3) is 0.333.